The van der Waals surface area contributed by atoms with Crippen LogP contribution in [0.3, 0.4) is 0 Å². The van der Waals surface area contributed by atoms with Crippen LogP contribution >= 0.6 is 23.1 Å². The van der Waals surface area contributed by atoms with Gasteiger partial charge in [0.15, 0.2) is 5.16 Å². The Balaban J connectivity index is 1.67. The van der Waals surface area contributed by atoms with E-state index in [-0.39, 0.29) is 11.9 Å². The number of nitrogens with two attached hydrogens (primary N) is 1. The van der Waals surface area contributed by atoms with Crippen molar-refractivity contribution >= 4 is 45.0 Å². The van der Waals surface area contributed by atoms with E-state index in [1.807, 2.05) is 11.4 Å². The van der Waals surface area contributed by atoms with E-state index in [0.717, 1.165) is 23.1 Å². The van der Waals surface area contributed by atoms with E-state index in [1.165, 1.54) is 31.0 Å². The van der Waals surface area contributed by atoms with Gasteiger partial charge in [0.25, 0.3) is 0 Å². The quantitative estimate of drug-likeness (QED) is 0.643. The summed E-state index contributed by atoms with van der Waals surface area (Å²) in [4.78, 5) is 24.6. The van der Waals surface area contributed by atoms with Gasteiger partial charge in [0.05, 0.1) is 11.1 Å². The number of fused-ring (bicyclic) bond motifs is 1. The summed E-state index contributed by atoms with van der Waals surface area (Å²) in [5.41, 5.74) is 5.98. The van der Waals surface area contributed by atoms with Crippen LogP contribution in [0.25, 0.3) is 10.2 Å². The van der Waals surface area contributed by atoms with Gasteiger partial charge in [-0.15, -0.1) is 11.3 Å². The molecule has 2 aromatic rings. The fourth-order valence-corrected chi connectivity index (χ4v) is 4.95. The number of carbonyl (C=O) groups excluding carboxylic acids is 1. The molecule has 2 heterocycles. The monoisotopic (exact) mass is 364 g/mol. The van der Waals surface area contributed by atoms with E-state index in [2.05, 4.69) is 28.7 Å². The molecule has 1 fully saturated rings. The molecule has 0 spiro atoms. The van der Waals surface area contributed by atoms with E-state index < -0.39 is 0 Å². The van der Waals surface area contributed by atoms with E-state index in [0.29, 0.717) is 22.8 Å². The van der Waals surface area contributed by atoms with Crippen molar-refractivity contribution in [1.29, 1.82) is 0 Å². The first kappa shape index (κ1) is 17.5. The summed E-state index contributed by atoms with van der Waals surface area (Å²) in [6.07, 6.45) is 5.99. The third kappa shape index (κ3) is 3.83. The summed E-state index contributed by atoms with van der Waals surface area (Å²) in [7, 11) is 0. The second kappa shape index (κ2) is 7.70. The molecule has 0 aliphatic heterocycles. The molecule has 0 atom stereocenters. The van der Waals surface area contributed by atoms with Gasteiger partial charge in [-0.25, -0.2) is 9.97 Å². The summed E-state index contributed by atoms with van der Waals surface area (Å²) in [5.74, 6) is 1.03. The molecule has 0 radical (unpaired) electrons. The molecule has 0 bridgehead atoms. The summed E-state index contributed by atoms with van der Waals surface area (Å²) in [6.45, 7) is 4.20. The fraction of sp³-hybridized carbons (Fsp3) is 0.588. The predicted molar refractivity (Wildman–Crippen MR) is 101 cm³/mol. The molecule has 2 aromatic heterocycles. The van der Waals surface area contributed by atoms with Crippen LogP contribution in [0.4, 0.5) is 5.82 Å². The molecule has 1 aliphatic carbocycles. The average molecular weight is 365 g/mol. The van der Waals surface area contributed by atoms with Crippen molar-refractivity contribution in [1.82, 2.24) is 14.9 Å². The van der Waals surface area contributed by atoms with Gasteiger partial charge in [-0.3, -0.25) is 4.79 Å². The van der Waals surface area contributed by atoms with Crippen molar-refractivity contribution in [3.05, 3.63) is 11.4 Å². The molecule has 0 saturated heterocycles. The number of thioether (sulfide) groups is 1. The van der Waals surface area contributed by atoms with Gasteiger partial charge in [0.1, 0.15) is 10.6 Å². The van der Waals surface area contributed by atoms with Gasteiger partial charge in [-0.05, 0) is 38.1 Å². The number of rotatable bonds is 5. The van der Waals surface area contributed by atoms with E-state index >= 15 is 0 Å². The van der Waals surface area contributed by atoms with Crippen LogP contribution in [0.15, 0.2) is 16.6 Å². The molecule has 1 saturated carbocycles. The maximum atomic E-state index is 12.8. The van der Waals surface area contributed by atoms with Gasteiger partial charge in [0.2, 0.25) is 5.91 Å². The SMILES string of the molecule is CC(C)N(C(=O)CSc1nc(N)c2ccsc2n1)C1CCCCC1. The number of nitrogen functional groups attached to an aromatic ring is 1. The lowest BCUT2D eigenvalue weighted by molar-refractivity contribution is -0.133. The van der Waals surface area contributed by atoms with Gasteiger partial charge in [-0.1, -0.05) is 31.0 Å². The first-order valence-corrected chi connectivity index (χ1v) is 10.4. The van der Waals surface area contributed by atoms with Crippen LogP contribution in [-0.2, 0) is 4.79 Å². The van der Waals surface area contributed by atoms with E-state index in [4.69, 9.17) is 5.73 Å². The highest BCUT2D eigenvalue weighted by atomic mass is 32.2. The van der Waals surface area contributed by atoms with Gasteiger partial charge < -0.3 is 10.6 Å². The highest BCUT2D eigenvalue weighted by Gasteiger charge is 2.27. The van der Waals surface area contributed by atoms with Crippen molar-refractivity contribution < 1.29 is 4.79 Å². The first-order valence-electron chi connectivity index (χ1n) is 8.51. The van der Waals surface area contributed by atoms with E-state index in [9.17, 15) is 4.79 Å². The number of nitrogens with zero attached hydrogens (tertiary/aromatic N) is 3. The summed E-state index contributed by atoms with van der Waals surface area (Å²) in [5, 5.41) is 3.43. The molecule has 0 aromatic carbocycles. The number of thiophene rings is 1. The molecule has 7 heteroatoms. The second-order valence-corrected chi connectivity index (χ2v) is 8.34. The summed E-state index contributed by atoms with van der Waals surface area (Å²) < 4.78 is 0. The molecule has 2 N–H and O–H groups in total. The highest BCUT2D eigenvalue weighted by Crippen LogP contribution is 2.28. The molecule has 0 unspecified atom stereocenters. The van der Waals surface area contributed by atoms with Gasteiger partial charge in [-0.2, -0.15) is 0 Å². The third-order valence-corrected chi connectivity index (χ3v) is 6.11. The Bertz CT molecular complexity index is 710. The Morgan fingerprint density at radius 1 is 1.38 bits per heavy atom. The fourth-order valence-electron chi connectivity index (χ4n) is 3.40. The molecular formula is C17H24N4OS2. The standard InChI is InChI=1S/C17H24N4OS2/c1-11(2)21(12-6-4-3-5-7-12)14(22)10-24-17-19-15(18)13-8-9-23-16(13)20-17/h8-9,11-12H,3-7,10H2,1-2H3,(H2,18,19,20). The number of aromatic nitrogens is 2. The first-order chi connectivity index (χ1) is 11.6. The largest absolute Gasteiger partial charge is 0.383 e. The minimum atomic E-state index is 0.176. The Labute approximate surface area is 151 Å². The Morgan fingerprint density at radius 3 is 2.83 bits per heavy atom. The minimum absolute atomic E-state index is 0.176. The normalized spacial score (nSPS) is 16.0. The Kier molecular flexibility index (Phi) is 5.61. The molecule has 130 valence electrons. The molecule has 5 nitrogen and oxygen atoms in total. The summed E-state index contributed by atoms with van der Waals surface area (Å²) in [6, 6.07) is 2.54. The molecule has 1 aliphatic rings. The predicted octanol–water partition coefficient (Wildman–Crippen LogP) is 3.94. The number of anilines is 1. The minimum Gasteiger partial charge on any atom is -0.383 e. The zero-order chi connectivity index (χ0) is 17.1. The van der Waals surface area contributed by atoms with Gasteiger partial charge >= 0.3 is 0 Å². The zero-order valence-electron chi connectivity index (χ0n) is 14.2. The van der Waals surface area contributed by atoms with Gasteiger partial charge in [0, 0.05) is 12.1 Å². The zero-order valence-corrected chi connectivity index (χ0v) is 15.8. The molecular weight excluding hydrogens is 340 g/mol. The van der Waals surface area contributed by atoms with Crippen molar-refractivity contribution in [2.24, 2.45) is 0 Å². The van der Waals surface area contributed by atoms with Crippen molar-refractivity contribution in [3.8, 4) is 0 Å². The van der Waals surface area contributed by atoms with Crippen LogP contribution in [-0.4, -0.2) is 38.6 Å². The van der Waals surface area contributed by atoms with Crippen LogP contribution in [0.1, 0.15) is 46.0 Å². The maximum absolute atomic E-state index is 12.8. The number of amides is 1. The Hall–Kier alpha value is -1.34. The van der Waals surface area contributed by atoms with Crippen LogP contribution < -0.4 is 5.73 Å². The maximum Gasteiger partial charge on any atom is 0.233 e. The average Bonchev–Trinajstić information content (AvgIpc) is 3.03. The topological polar surface area (TPSA) is 72.1 Å². The highest BCUT2D eigenvalue weighted by molar-refractivity contribution is 7.99. The van der Waals surface area contributed by atoms with E-state index in [1.54, 1.807) is 11.3 Å². The number of hydrogen-bond acceptors (Lipinski definition) is 6. The van der Waals surface area contributed by atoms with Crippen LogP contribution in [0, 0.1) is 0 Å². The smallest absolute Gasteiger partial charge is 0.233 e. The lowest BCUT2D eigenvalue weighted by atomic mass is 9.93. The summed E-state index contributed by atoms with van der Waals surface area (Å²) >= 11 is 2.93. The van der Waals surface area contributed by atoms with Crippen LogP contribution in [0.5, 0.6) is 0 Å². The van der Waals surface area contributed by atoms with Crippen molar-refractivity contribution in [3.63, 3.8) is 0 Å². The lowest BCUT2D eigenvalue weighted by Crippen LogP contribution is -2.46. The molecule has 1 amide bonds. The second-order valence-electron chi connectivity index (χ2n) is 6.51. The molecule has 24 heavy (non-hydrogen) atoms. The third-order valence-electron chi connectivity index (χ3n) is 4.47. The van der Waals surface area contributed by atoms with Crippen molar-refractivity contribution in [2.75, 3.05) is 11.5 Å². The number of carbonyl (C=O) groups is 1. The Morgan fingerprint density at radius 2 is 2.12 bits per heavy atom. The lowest BCUT2D eigenvalue weighted by Gasteiger charge is -2.37. The van der Waals surface area contributed by atoms with Crippen molar-refractivity contribution in [2.45, 2.75) is 63.2 Å². The molecule has 3 rings (SSSR count). The van der Waals surface area contributed by atoms with Crippen LogP contribution in [0.2, 0.25) is 0 Å². The number of hydrogen-bond donors (Lipinski definition) is 1.